The standard InChI is InChI=1S/C15H16N2O5S/c18-11-8-22-14-10(7-21-15(11)14)17-23(19,20)12-5-1-3-9-4-2-6-16-13(9)12/h1-6,10-11,14-15,17-18H,7-8H2/t10-,11-,14-,15+/m1/s1. The largest absolute Gasteiger partial charge is 0.388 e. The second-order valence-electron chi connectivity index (χ2n) is 5.72. The van der Waals surface area contributed by atoms with Crippen LogP contribution < -0.4 is 4.72 Å². The van der Waals surface area contributed by atoms with Crippen LogP contribution in [0.3, 0.4) is 0 Å². The predicted octanol–water partition coefficient (Wildman–Crippen LogP) is 0.0402. The van der Waals surface area contributed by atoms with Gasteiger partial charge in [0.2, 0.25) is 10.0 Å². The Labute approximate surface area is 133 Å². The Kier molecular flexibility index (Phi) is 3.58. The Bertz CT molecular complexity index is 835. The summed E-state index contributed by atoms with van der Waals surface area (Å²) in [5, 5.41) is 10.5. The number of benzene rings is 1. The van der Waals surface area contributed by atoms with Crippen molar-refractivity contribution in [1.82, 2.24) is 9.71 Å². The zero-order valence-corrected chi connectivity index (χ0v) is 12.9. The number of ether oxygens (including phenoxy) is 2. The van der Waals surface area contributed by atoms with E-state index in [-0.39, 0.29) is 18.1 Å². The molecule has 3 heterocycles. The second kappa shape index (κ2) is 5.50. The van der Waals surface area contributed by atoms with Crippen molar-refractivity contribution >= 4 is 20.9 Å². The van der Waals surface area contributed by atoms with Crippen LogP contribution in [0.2, 0.25) is 0 Å². The maximum absolute atomic E-state index is 12.7. The number of aromatic nitrogens is 1. The molecule has 4 atom stereocenters. The van der Waals surface area contributed by atoms with Gasteiger partial charge in [-0.05, 0) is 12.1 Å². The van der Waals surface area contributed by atoms with Gasteiger partial charge in [0, 0.05) is 11.6 Å². The van der Waals surface area contributed by atoms with Crippen molar-refractivity contribution in [3.8, 4) is 0 Å². The van der Waals surface area contributed by atoms with Gasteiger partial charge >= 0.3 is 0 Å². The van der Waals surface area contributed by atoms with E-state index < -0.39 is 34.4 Å². The molecule has 8 heteroatoms. The number of rotatable bonds is 3. The minimum absolute atomic E-state index is 0.123. The Hall–Kier alpha value is -1.58. The highest BCUT2D eigenvalue weighted by molar-refractivity contribution is 7.89. The molecule has 122 valence electrons. The van der Waals surface area contributed by atoms with Gasteiger partial charge < -0.3 is 14.6 Å². The summed E-state index contributed by atoms with van der Waals surface area (Å²) < 4.78 is 39.0. The fraction of sp³-hybridized carbons (Fsp3) is 0.400. The number of aliphatic hydroxyl groups is 1. The highest BCUT2D eigenvalue weighted by Crippen LogP contribution is 2.28. The van der Waals surface area contributed by atoms with Crippen LogP contribution in [0, 0.1) is 0 Å². The third-order valence-electron chi connectivity index (χ3n) is 4.22. The number of fused-ring (bicyclic) bond motifs is 2. The van der Waals surface area contributed by atoms with Crippen molar-refractivity contribution in [2.24, 2.45) is 0 Å². The monoisotopic (exact) mass is 336 g/mol. The summed E-state index contributed by atoms with van der Waals surface area (Å²) in [7, 11) is -3.78. The van der Waals surface area contributed by atoms with Crippen LogP contribution in [-0.2, 0) is 19.5 Å². The number of nitrogens with one attached hydrogen (secondary N) is 1. The first-order valence-electron chi connectivity index (χ1n) is 7.33. The number of pyridine rings is 1. The van der Waals surface area contributed by atoms with Crippen molar-refractivity contribution in [2.45, 2.75) is 29.2 Å². The molecule has 0 unspecified atom stereocenters. The lowest BCUT2D eigenvalue weighted by Gasteiger charge is -2.18. The first-order valence-corrected chi connectivity index (χ1v) is 8.82. The van der Waals surface area contributed by atoms with E-state index in [2.05, 4.69) is 9.71 Å². The number of sulfonamides is 1. The van der Waals surface area contributed by atoms with Crippen molar-refractivity contribution < 1.29 is 23.0 Å². The topological polar surface area (TPSA) is 97.8 Å². The maximum Gasteiger partial charge on any atom is 0.243 e. The van der Waals surface area contributed by atoms with Crippen molar-refractivity contribution in [2.75, 3.05) is 13.2 Å². The molecule has 23 heavy (non-hydrogen) atoms. The van der Waals surface area contributed by atoms with Gasteiger partial charge in [-0.1, -0.05) is 18.2 Å². The molecule has 2 N–H and O–H groups in total. The second-order valence-corrected chi connectivity index (χ2v) is 7.40. The highest BCUT2D eigenvalue weighted by Gasteiger charge is 2.48. The van der Waals surface area contributed by atoms with Gasteiger partial charge in [0.1, 0.15) is 23.2 Å². The smallest absolute Gasteiger partial charge is 0.243 e. The molecule has 0 aliphatic carbocycles. The van der Waals surface area contributed by atoms with Crippen LogP contribution in [0.15, 0.2) is 41.4 Å². The Morgan fingerprint density at radius 3 is 2.78 bits per heavy atom. The number of nitrogens with zero attached hydrogens (tertiary/aromatic N) is 1. The van der Waals surface area contributed by atoms with Crippen LogP contribution in [-0.4, -0.2) is 56.1 Å². The van der Waals surface area contributed by atoms with Gasteiger partial charge in [-0.2, -0.15) is 0 Å². The Morgan fingerprint density at radius 1 is 1.13 bits per heavy atom. The number of hydrogen-bond donors (Lipinski definition) is 2. The molecule has 7 nitrogen and oxygen atoms in total. The summed E-state index contributed by atoms with van der Waals surface area (Å²) in [5.41, 5.74) is 0.422. The molecule has 1 aromatic carbocycles. The van der Waals surface area contributed by atoms with E-state index in [1.54, 1.807) is 18.3 Å². The van der Waals surface area contributed by atoms with E-state index in [4.69, 9.17) is 9.47 Å². The van der Waals surface area contributed by atoms with Gasteiger partial charge in [-0.15, -0.1) is 0 Å². The summed E-state index contributed by atoms with van der Waals surface area (Å²) in [4.78, 5) is 4.30. The molecule has 0 saturated carbocycles. The quantitative estimate of drug-likeness (QED) is 0.821. The highest BCUT2D eigenvalue weighted by atomic mass is 32.2. The maximum atomic E-state index is 12.7. The fourth-order valence-electron chi connectivity index (χ4n) is 3.14. The summed E-state index contributed by atoms with van der Waals surface area (Å²) in [6.45, 7) is 0.327. The zero-order valence-electron chi connectivity index (χ0n) is 12.1. The van der Waals surface area contributed by atoms with Crippen LogP contribution in [0.5, 0.6) is 0 Å². The van der Waals surface area contributed by atoms with Gasteiger partial charge in [0.05, 0.1) is 24.8 Å². The molecule has 2 aromatic rings. The molecule has 2 saturated heterocycles. The zero-order chi connectivity index (χ0) is 16.0. The fourth-order valence-corrected chi connectivity index (χ4v) is 4.55. The number of para-hydroxylation sites is 1. The molecular formula is C15H16N2O5S. The summed E-state index contributed by atoms with van der Waals surface area (Å²) in [5.74, 6) is 0. The van der Waals surface area contributed by atoms with Crippen molar-refractivity contribution in [3.05, 3.63) is 36.5 Å². The average molecular weight is 336 g/mol. The lowest BCUT2D eigenvalue weighted by molar-refractivity contribution is 0.0181. The molecule has 2 aliphatic heterocycles. The van der Waals surface area contributed by atoms with E-state index >= 15 is 0 Å². The van der Waals surface area contributed by atoms with E-state index in [9.17, 15) is 13.5 Å². The van der Waals surface area contributed by atoms with Gasteiger partial charge in [0.25, 0.3) is 0 Å². The van der Waals surface area contributed by atoms with Gasteiger partial charge in [-0.3, -0.25) is 4.98 Å². The normalized spacial score (nSPS) is 30.7. The minimum Gasteiger partial charge on any atom is -0.388 e. The Balaban J connectivity index is 1.66. The van der Waals surface area contributed by atoms with E-state index in [0.717, 1.165) is 5.39 Å². The molecule has 2 fully saturated rings. The van der Waals surface area contributed by atoms with Gasteiger partial charge in [-0.25, -0.2) is 13.1 Å². The molecule has 0 amide bonds. The third-order valence-corrected chi connectivity index (χ3v) is 5.74. The van der Waals surface area contributed by atoms with Crippen LogP contribution in [0.4, 0.5) is 0 Å². The minimum atomic E-state index is -3.78. The molecular weight excluding hydrogens is 320 g/mol. The lowest BCUT2D eigenvalue weighted by Crippen LogP contribution is -2.44. The number of hydrogen-bond acceptors (Lipinski definition) is 6. The lowest BCUT2D eigenvalue weighted by atomic mass is 10.1. The molecule has 0 spiro atoms. The Morgan fingerprint density at radius 2 is 1.91 bits per heavy atom. The van der Waals surface area contributed by atoms with E-state index in [0.29, 0.717) is 5.52 Å². The molecule has 1 aromatic heterocycles. The summed E-state index contributed by atoms with van der Waals surface area (Å²) in [6, 6.07) is 8.06. The van der Waals surface area contributed by atoms with Crippen LogP contribution >= 0.6 is 0 Å². The molecule has 0 bridgehead atoms. The van der Waals surface area contributed by atoms with Crippen LogP contribution in [0.1, 0.15) is 0 Å². The molecule has 2 aliphatic rings. The predicted molar refractivity (Wildman–Crippen MR) is 81.3 cm³/mol. The first-order chi connectivity index (χ1) is 11.1. The molecule has 0 radical (unpaired) electrons. The first kappa shape index (κ1) is 15.0. The summed E-state index contributed by atoms with van der Waals surface area (Å²) >= 11 is 0. The average Bonchev–Trinajstić information content (AvgIpc) is 3.10. The third kappa shape index (κ3) is 2.52. The number of aliphatic hydroxyl groups excluding tert-OH is 1. The van der Waals surface area contributed by atoms with E-state index in [1.807, 2.05) is 12.1 Å². The van der Waals surface area contributed by atoms with Crippen LogP contribution in [0.25, 0.3) is 10.9 Å². The molecule has 4 rings (SSSR count). The van der Waals surface area contributed by atoms with Crippen molar-refractivity contribution in [1.29, 1.82) is 0 Å². The van der Waals surface area contributed by atoms with Gasteiger partial charge in [0.15, 0.2) is 0 Å². The summed E-state index contributed by atoms with van der Waals surface area (Å²) in [6.07, 6.45) is -0.100. The van der Waals surface area contributed by atoms with Crippen molar-refractivity contribution in [3.63, 3.8) is 0 Å². The van der Waals surface area contributed by atoms with E-state index in [1.165, 1.54) is 6.07 Å². The SMILES string of the molecule is O=S(=O)(N[C@@H]1CO[C@@H]2[C@@H]1OC[C@H]2O)c1cccc2cccnc12.